The minimum Gasteiger partial charge on any atom is -0.492 e. The summed E-state index contributed by atoms with van der Waals surface area (Å²) in [6.07, 6.45) is 1.88. The molecule has 1 aromatic heterocycles. The molecule has 1 heterocycles. The van der Waals surface area contributed by atoms with Crippen LogP contribution in [0.15, 0.2) is 54.7 Å². The van der Waals surface area contributed by atoms with E-state index in [-0.39, 0.29) is 5.91 Å². The van der Waals surface area contributed by atoms with Crippen LogP contribution in [-0.2, 0) is 7.05 Å². The maximum absolute atomic E-state index is 12.7. The second kappa shape index (κ2) is 6.97. The van der Waals surface area contributed by atoms with Crippen LogP contribution in [0.2, 0.25) is 5.02 Å². The number of benzene rings is 2. The third-order valence-electron chi connectivity index (χ3n) is 3.98. The molecule has 0 bridgehead atoms. The van der Waals surface area contributed by atoms with Gasteiger partial charge in [-0.1, -0.05) is 29.8 Å². The Hall–Kier alpha value is -2.46. The topological polar surface area (TPSA) is 34.5 Å². The summed E-state index contributed by atoms with van der Waals surface area (Å²) in [7, 11) is 3.73. The zero-order valence-electron chi connectivity index (χ0n) is 13.7. The summed E-state index contributed by atoms with van der Waals surface area (Å²) in [5.74, 6) is 0.733. The van der Waals surface area contributed by atoms with Crippen molar-refractivity contribution in [2.24, 2.45) is 7.05 Å². The molecule has 0 saturated heterocycles. The fourth-order valence-electron chi connectivity index (χ4n) is 2.65. The van der Waals surface area contributed by atoms with E-state index in [0.29, 0.717) is 23.7 Å². The molecule has 0 N–H and O–H groups in total. The van der Waals surface area contributed by atoms with Gasteiger partial charge in [0.15, 0.2) is 0 Å². The van der Waals surface area contributed by atoms with Crippen molar-refractivity contribution >= 4 is 28.4 Å². The van der Waals surface area contributed by atoms with E-state index in [9.17, 15) is 4.79 Å². The van der Waals surface area contributed by atoms with Gasteiger partial charge in [-0.25, -0.2) is 0 Å². The van der Waals surface area contributed by atoms with E-state index >= 15 is 0 Å². The molecule has 3 rings (SSSR count). The SMILES string of the molecule is CN(CCOc1ccc(Cl)cc1)C(=O)c1cn(C)c2ccccc12. The van der Waals surface area contributed by atoms with Crippen LogP contribution in [0.4, 0.5) is 0 Å². The van der Waals surface area contributed by atoms with Crippen molar-refractivity contribution in [1.82, 2.24) is 9.47 Å². The highest BCUT2D eigenvalue weighted by molar-refractivity contribution is 6.30. The van der Waals surface area contributed by atoms with Crippen LogP contribution in [0, 0.1) is 0 Å². The average molecular weight is 343 g/mol. The van der Waals surface area contributed by atoms with Crippen LogP contribution in [0.25, 0.3) is 10.9 Å². The van der Waals surface area contributed by atoms with E-state index in [1.54, 1.807) is 24.1 Å². The van der Waals surface area contributed by atoms with Gasteiger partial charge in [-0.2, -0.15) is 0 Å². The predicted molar refractivity (Wildman–Crippen MR) is 96.8 cm³/mol. The third-order valence-corrected chi connectivity index (χ3v) is 4.24. The lowest BCUT2D eigenvalue weighted by atomic mass is 10.1. The molecule has 0 aliphatic carbocycles. The number of aryl methyl sites for hydroxylation is 1. The van der Waals surface area contributed by atoms with Gasteiger partial charge in [-0.05, 0) is 30.3 Å². The van der Waals surface area contributed by atoms with E-state index < -0.39 is 0 Å². The van der Waals surface area contributed by atoms with E-state index in [0.717, 1.165) is 16.7 Å². The van der Waals surface area contributed by atoms with Gasteiger partial charge < -0.3 is 14.2 Å². The quantitative estimate of drug-likeness (QED) is 0.702. The number of nitrogens with zero attached hydrogens (tertiary/aromatic N) is 2. The number of hydrogen-bond acceptors (Lipinski definition) is 2. The highest BCUT2D eigenvalue weighted by Crippen LogP contribution is 2.21. The molecule has 0 fully saturated rings. The maximum atomic E-state index is 12.7. The molecule has 4 nitrogen and oxygen atoms in total. The number of halogens is 1. The Morgan fingerprint density at radius 1 is 1.17 bits per heavy atom. The molecule has 3 aromatic rings. The molecule has 0 saturated carbocycles. The zero-order valence-corrected chi connectivity index (χ0v) is 14.5. The predicted octanol–water partition coefficient (Wildman–Crippen LogP) is 3.98. The number of rotatable bonds is 5. The van der Waals surface area contributed by atoms with Gasteiger partial charge in [-0.15, -0.1) is 0 Å². The fourth-order valence-corrected chi connectivity index (χ4v) is 2.78. The summed E-state index contributed by atoms with van der Waals surface area (Å²) in [6, 6.07) is 15.1. The number of amides is 1. The van der Waals surface area contributed by atoms with Gasteiger partial charge in [0.1, 0.15) is 12.4 Å². The van der Waals surface area contributed by atoms with Gasteiger partial charge in [0.25, 0.3) is 5.91 Å². The number of aromatic nitrogens is 1. The number of carbonyl (C=O) groups excluding carboxylic acids is 1. The largest absolute Gasteiger partial charge is 0.492 e. The van der Waals surface area contributed by atoms with Gasteiger partial charge in [0, 0.05) is 36.2 Å². The van der Waals surface area contributed by atoms with Gasteiger partial charge in [-0.3, -0.25) is 4.79 Å². The van der Waals surface area contributed by atoms with Crippen molar-refractivity contribution < 1.29 is 9.53 Å². The molecule has 0 spiro atoms. The third kappa shape index (κ3) is 3.39. The average Bonchev–Trinajstić information content (AvgIpc) is 2.93. The summed E-state index contributed by atoms with van der Waals surface area (Å²) < 4.78 is 7.63. The molecular weight excluding hydrogens is 324 g/mol. The first-order valence-corrected chi connectivity index (χ1v) is 8.12. The summed E-state index contributed by atoms with van der Waals surface area (Å²) in [6.45, 7) is 0.930. The monoisotopic (exact) mass is 342 g/mol. The van der Waals surface area contributed by atoms with E-state index in [4.69, 9.17) is 16.3 Å². The van der Waals surface area contributed by atoms with Crippen LogP contribution in [-0.4, -0.2) is 35.6 Å². The van der Waals surface area contributed by atoms with Crippen LogP contribution in [0.3, 0.4) is 0 Å². The molecule has 0 aliphatic rings. The summed E-state index contributed by atoms with van der Waals surface area (Å²) in [5.41, 5.74) is 1.76. The van der Waals surface area contributed by atoms with Crippen LogP contribution >= 0.6 is 11.6 Å². The molecule has 2 aromatic carbocycles. The second-order valence-corrected chi connectivity index (χ2v) is 6.14. The number of carbonyl (C=O) groups is 1. The second-order valence-electron chi connectivity index (χ2n) is 5.70. The van der Waals surface area contributed by atoms with Crippen LogP contribution < -0.4 is 4.74 Å². The van der Waals surface area contributed by atoms with E-state index in [1.807, 2.05) is 54.2 Å². The Bertz CT molecular complexity index is 855. The number of likely N-dealkylation sites (N-methyl/N-ethyl adjacent to an activating group) is 1. The summed E-state index contributed by atoms with van der Waals surface area (Å²) in [4.78, 5) is 14.4. The lowest BCUT2D eigenvalue weighted by Gasteiger charge is -2.17. The Kier molecular flexibility index (Phi) is 4.76. The van der Waals surface area contributed by atoms with Crippen molar-refractivity contribution in [1.29, 1.82) is 0 Å². The zero-order chi connectivity index (χ0) is 17.1. The molecule has 0 radical (unpaired) electrons. The minimum absolute atomic E-state index is 0.00786. The minimum atomic E-state index is -0.00786. The van der Waals surface area contributed by atoms with Crippen molar-refractivity contribution in [3.8, 4) is 5.75 Å². The van der Waals surface area contributed by atoms with Crippen LogP contribution in [0.5, 0.6) is 5.75 Å². The molecule has 1 amide bonds. The lowest BCUT2D eigenvalue weighted by molar-refractivity contribution is 0.0775. The standard InChI is InChI=1S/C19H19ClN2O2/c1-21(11-12-24-15-9-7-14(20)8-10-15)19(23)17-13-22(2)18-6-4-3-5-16(17)18/h3-10,13H,11-12H2,1-2H3. The highest BCUT2D eigenvalue weighted by Gasteiger charge is 2.17. The van der Waals surface area contributed by atoms with Crippen molar-refractivity contribution in [2.45, 2.75) is 0 Å². The molecule has 124 valence electrons. The molecule has 0 atom stereocenters. The first-order valence-electron chi connectivity index (χ1n) is 7.74. The van der Waals surface area contributed by atoms with Crippen molar-refractivity contribution in [3.05, 3.63) is 65.3 Å². The molecular formula is C19H19ClN2O2. The Morgan fingerprint density at radius 2 is 1.88 bits per heavy atom. The van der Waals surface area contributed by atoms with E-state index in [2.05, 4.69) is 0 Å². The molecule has 0 unspecified atom stereocenters. The number of fused-ring (bicyclic) bond motifs is 1. The molecule has 24 heavy (non-hydrogen) atoms. The Balaban J connectivity index is 1.65. The van der Waals surface area contributed by atoms with Gasteiger partial charge in [0.2, 0.25) is 0 Å². The van der Waals surface area contributed by atoms with Gasteiger partial charge in [0.05, 0.1) is 12.1 Å². The first kappa shape index (κ1) is 16.4. The van der Waals surface area contributed by atoms with Crippen molar-refractivity contribution in [2.75, 3.05) is 20.2 Å². The lowest BCUT2D eigenvalue weighted by Crippen LogP contribution is -2.30. The number of para-hydroxylation sites is 1. The Morgan fingerprint density at radius 3 is 2.62 bits per heavy atom. The number of ether oxygens (including phenoxy) is 1. The molecule has 0 aliphatic heterocycles. The maximum Gasteiger partial charge on any atom is 0.255 e. The van der Waals surface area contributed by atoms with Crippen LogP contribution in [0.1, 0.15) is 10.4 Å². The van der Waals surface area contributed by atoms with Crippen molar-refractivity contribution in [3.63, 3.8) is 0 Å². The summed E-state index contributed by atoms with van der Waals surface area (Å²) in [5, 5.41) is 1.64. The fraction of sp³-hybridized carbons (Fsp3) is 0.211. The first-order chi connectivity index (χ1) is 11.6. The number of hydrogen-bond donors (Lipinski definition) is 0. The highest BCUT2D eigenvalue weighted by atomic mass is 35.5. The van der Waals surface area contributed by atoms with E-state index in [1.165, 1.54) is 0 Å². The smallest absolute Gasteiger partial charge is 0.255 e. The Labute approximate surface area is 146 Å². The molecule has 5 heteroatoms. The van der Waals surface area contributed by atoms with Gasteiger partial charge >= 0.3 is 0 Å². The summed E-state index contributed by atoms with van der Waals surface area (Å²) >= 11 is 5.84. The normalized spacial score (nSPS) is 10.8.